The first kappa shape index (κ1) is 12.6. The summed E-state index contributed by atoms with van der Waals surface area (Å²) in [6.45, 7) is 1.32. The molecule has 0 bridgehead atoms. The number of carboxylic acid groups (broad SMARTS) is 1. The van der Waals surface area contributed by atoms with E-state index in [0.29, 0.717) is 25.4 Å². The van der Waals surface area contributed by atoms with Crippen molar-refractivity contribution in [2.75, 3.05) is 13.2 Å². The Hall–Kier alpha value is -1.82. The zero-order valence-corrected chi connectivity index (χ0v) is 10.1. The highest BCUT2D eigenvalue weighted by Crippen LogP contribution is 2.20. The van der Waals surface area contributed by atoms with Crippen molar-refractivity contribution in [3.05, 3.63) is 24.0 Å². The lowest BCUT2D eigenvalue weighted by Crippen LogP contribution is -2.38. The van der Waals surface area contributed by atoms with Crippen molar-refractivity contribution < 1.29 is 14.6 Å². The number of nitrogens with two attached hydrogens (primary N) is 1. The summed E-state index contributed by atoms with van der Waals surface area (Å²) in [5, 5.41) is 9.02. The lowest BCUT2D eigenvalue weighted by molar-refractivity contribution is 0.123. The lowest BCUT2D eigenvalue weighted by Gasteiger charge is -2.22. The third-order valence-electron chi connectivity index (χ3n) is 3.14. The van der Waals surface area contributed by atoms with E-state index in [1.165, 1.54) is 4.90 Å². The van der Waals surface area contributed by atoms with Gasteiger partial charge in [-0.25, -0.2) is 4.79 Å². The predicted molar refractivity (Wildman–Crippen MR) is 65.4 cm³/mol. The van der Waals surface area contributed by atoms with Crippen molar-refractivity contribution in [2.45, 2.75) is 25.4 Å². The Morgan fingerprint density at radius 3 is 3.22 bits per heavy atom. The highest BCUT2D eigenvalue weighted by atomic mass is 16.5. The van der Waals surface area contributed by atoms with Crippen LogP contribution in [-0.4, -0.2) is 40.3 Å². The smallest absolute Gasteiger partial charge is 0.407 e. The molecule has 0 unspecified atom stereocenters. The summed E-state index contributed by atoms with van der Waals surface area (Å²) >= 11 is 0. The lowest BCUT2D eigenvalue weighted by atomic mass is 10.2. The van der Waals surface area contributed by atoms with Crippen LogP contribution in [0, 0.1) is 0 Å². The topological polar surface area (TPSA) is 88.7 Å². The Bertz CT molecular complexity index is 425. The third kappa shape index (κ3) is 2.70. The molecule has 2 rings (SSSR count). The SMILES string of the molecule is NCc1ccncc1OC[C@@H]1CCCN1C(=O)O. The zero-order chi connectivity index (χ0) is 13.0. The molecule has 2 heterocycles. The van der Waals surface area contributed by atoms with E-state index in [0.717, 1.165) is 18.4 Å². The quantitative estimate of drug-likeness (QED) is 0.835. The summed E-state index contributed by atoms with van der Waals surface area (Å²) in [6, 6.07) is 1.73. The summed E-state index contributed by atoms with van der Waals surface area (Å²) in [5.74, 6) is 0.636. The van der Waals surface area contributed by atoms with Crippen molar-refractivity contribution in [2.24, 2.45) is 5.73 Å². The van der Waals surface area contributed by atoms with E-state index in [2.05, 4.69) is 4.98 Å². The molecular formula is C12H17N3O3. The van der Waals surface area contributed by atoms with E-state index in [1.807, 2.05) is 0 Å². The number of amides is 1. The molecule has 1 aliphatic rings. The molecule has 1 amide bonds. The molecule has 18 heavy (non-hydrogen) atoms. The number of hydrogen-bond acceptors (Lipinski definition) is 4. The minimum absolute atomic E-state index is 0.0756. The summed E-state index contributed by atoms with van der Waals surface area (Å²) in [5.41, 5.74) is 6.48. The van der Waals surface area contributed by atoms with Crippen LogP contribution in [0.15, 0.2) is 18.5 Å². The van der Waals surface area contributed by atoms with Gasteiger partial charge in [-0.1, -0.05) is 0 Å². The largest absolute Gasteiger partial charge is 0.489 e. The molecule has 3 N–H and O–H groups in total. The number of aromatic nitrogens is 1. The van der Waals surface area contributed by atoms with E-state index in [1.54, 1.807) is 18.5 Å². The van der Waals surface area contributed by atoms with Gasteiger partial charge in [-0.05, 0) is 18.9 Å². The summed E-state index contributed by atoms with van der Waals surface area (Å²) in [6.07, 6.45) is 4.12. The van der Waals surface area contributed by atoms with Crippen LogP contribution in [0.4, 0.5) is 4.79 Å². The molecule has 1 saturated heterocycles. The maximum Gasteiger partial charge on any atom is 0.407 e. The Kier molecular flexibility index (Phi) is 3.99. The maximum absolute atomic E-state index is 11.0. The molecule has 1 atom stereocenters. The first-order valence-corrected chi connectivity index (χ1v) is 5.97. The van der Waals surface area contributed by atoms with Gasteiger partial charge in [0.05, 0.1) is 12.2 Å². The molecular weight excluding hydrogens is 234 g/mol. The molecule has 0 spiro atoms. The minimum Gasteiger partial charge on any atom is -0.489 e. The molecule has 1 aromatic rings. The monoisotopic (exact) mass is 251 g/mol. The van der Waals surface area contributed by atoms with Crippen molar-refractivity contribution in [1.82, 2.24) is 9.88 Å². The normalized spacial score (nSPS) is 18.9. The van der Waals surface area contributed by atoms with E-state index in [4.69, 9.17) is 15.6 Å². The van der Waals surface area contributed by atoms with E-state index in [-0.39, 0.29) is 6.04 Å². The standard InChI is InChI=1S/C12H17N3O3/c13-6-9-3-4-14-7-11(9)18-8-10-2-1-5-15(10)12(16)17/h3-4,7,10H,1-2,5-6,8,13H2,(H,16,17)/t10-/m0/s1. The second-order valence-corrected chi connectivity index (χ2v) is 4.27. The Labute approximate surface area is 105 Å². The van der Waals surface area contributed by atoms with Crippen LogP contribution in [0.3, 0.4) is 0 Å². The molecule has 1 aromatic heterocycles. The first-order valence-electron chi connectivity index (χ1n) is 5.97. The fourth-order valence-electron chi connectivity index (χ4n) is 2.15. The number of rotatable bonds is 4. The van der Waals surface area contributed by atoms with Crippen LogP contribution >= 0.6 is 0 Å². The number of likely N-dealkylation sites (tertiary alicyclic amines) is 1. The summed E-state index contributed by atoms with van der Waals surface area (Å²) < 4.78 is 5.64. The van der Waals surface area contributed by atoms with Crippen LogP contribution in [0.2, 0.25) is 0 Å². The third-order valence-corrected chi connectivity index (χ3v) is 3.14. The summed E-state index contributed by atoms with van der Waals surface area (Å²) in [7, 11) is 0. The van der Waals surface area contributed by atoms with Gasteiger partial charge in [-0.3, -0.25) is 4.98 Å². The second-order valence-electron chi connectivity index (χ2n) is 4.27. The molecule has 1 aliphatic heterocycles. The van der Waals surface area contributed by atoms with Gasteiger partial charge in [0.25, 0.3) is 0 Å². The van der Waals surface area contributed by atoms with Gasteiger partial charge in [0.15, 0.2) is 0 Å². The first-order chi connectivity index (χ1) is 8.72. The average molecular weight is 251 g/mol. The Morgan fingerprint density at radius 1 is 1.67 bits per heavy atom. The van der Waals surface area contributed by atoms with Gasteiger partial charge in [0.1, 0.15) is 12.4 Å². The fourth-order valence-corrected chi connectivity index (χ4v) is 2.15. The number of ether oxygens (including phenoxy) is 1. The van der Waals surface area contributed by atoms with Crippen LogP contribution in [0.1, 0.15) is 18.4 Å². The van der Waals surface area contributed by atoms with Gasteiger partial charge >= 0.3 is 6.09 Å². The zero-order valence-electron chi connectivity index (χ0n) is 10.1. The number of hydrogen-bond donors (Lipinski definition) is 2. The Balaban J connectivity index is 1.97. The number of carbonyl (C=O) groups is 1. The maximum atomic E-state index is 11.0. The van der Waals surface area contributed by atoms with Crippen molar-refractivity contribution in [3.8, 4) is 5.75 Å². The molecule has 0 aliphatic carbocycles. The van der Waals surface area contributed by atoms with Crippen LogP contribution in [0.5, 0.6) is 5.75 Å². The van der Waals surface area contributed by atoms with Gasteiger partial charge in [-0.2, -0.15) is 0 Å². The van der Waals surface area contributed by atoms with Crippen LogP contribution < -0.4 is 10.5 Å². The number of nitrogens with zero attached hydrogens (tertiary/aromatic N) is 2. The van der Waals surface area contributed by atoms with Gasteiger partial charge < -0.3 is 20.5 Å². The fraction of sp³-hybridized carbons (Fsp3) is 0.500. The van der Waals surface area contributed by atoms with Gasteiger partial charge in [0, 0.05) is 24.8 Å². The summed E-state index contributed by atoms with van der Waals surface area (Å²) in [4.78, 5) is 16.4. The molecule has 6 heteroatoms. The predicted octanol–water partition coefficient (Wildman–Crippen LogP) is 1.06. The highest BCUT2D eigenvalue weighted by Gasteiger charge is 2.29. The van der Waals surface area contributed by atoms with Crippen molar-refractivity contribution in [3.63, 3.8) is 0 Å². The molecule has 0 aromatic carbocycles. The van der Waals surface area contributed by atoms with Crippen LogP contribution in [-0.2, 0) is 6.54 Å². The van der Waals surface area contributed by atoms with E-state index >= 15 is 0 Å². The van der Waals surface area contributed by atoms with Gasteiger partial charge in [-0.15, -0.1) is 0 Å². The molecule has 98 valence electrons. The molecule has 0 saturated carbocycles. The number of pyridine rings is 1. The van der Waals surface area contributed by atoms with Crippen LogP contribution in [0.25, 0.3) is 0 Å². The Morgan fingerprint density at radius 2 is 2.50 bits per heavy atom. The van der Waals surface area contributed by atoms with Gasteiger partial charge in [0.2, 0.25) is 0 Å². The van der Waals surface area contributed by atoms with E-state index in [9.17, 15) is 4.79 Å². The molecule has 0 radical (unpaired) electrons. The van der Waals surface area contributed by atoms with E-state index < -0.39 is 6.09 Å². The molecule has 1 fully saturated rings. The minimum atomic E-state index is -0.883. The van der Waals surface area contributed by atoms with Crippen molar-refractivity contribution >= 4 is 6.09 Å². The second kappa shape index (κ2) is 5.68. The average Bonchev–Trinajstić information content (AvgIpc) is 2.85. The van der Waals surface area contributed by atoms with Crippen molar-refractivity contribution in [1.29, 1.82) is 0 Å². The highest BCUT2D eigenvalue weighted by molar-refractivity contribution is 5.65. The molecule has 6 nitrogen and oxygen atoms in total.